The van der Waals surface area contributed by atoms with Crippen molar-refractivity contribution in [2.45, 2.75) is 25.9 Å². The number of hydrogen-bond acceptors (Lipinski definition) is 4. The molecular weight excluding hydrogens is 194 g/mol. The predicted molar refractivity (Wildman–Crippen MR) is 55.9 cm³/mol. The Balaban J connectivity index is 2.37. The van der Waals surface area contributed by atoms with Gasteiger partial charge in [0.1, 0.15) is 0 Å². The minimum absolute atomic E-state index is 0.219. The Labute approximate surface area is 88.3 Å². The Morgan fingerprint density at radius 3 is 3.13 bits per heavy atom. The highest BCUT2D eigenvalue weighted by Crippen LogP contribution is 2.01. The molecule has 0 aromatic carbocycles. The van der Waals surface area contributed by atoms with E-state index in [1.165, 1.54) is 0 Å². The van der Waals surface area contributed by atoms with Gasteiger partial charge in [-0.2, -0.15) is 0 Å². The van der Waals surface area contributed by atoms with Crippen molar-refractivity contribution in [1.82, 2.24) is 10.5 Å². The average Bonchev–Trinajstić information content (AvgIpc) is 2.61. The van der Waals surface area contributed by atoms with Crippen molar-refractivity contribution in [2.24, 2.45) is 5.73 Å². The van der Waals surface area contributed by atoms with Crippen LogP contribution in [0.15, 0.2) is 23.2 Å². The molecule has 0 radical (unpaired) electrons. The van der Waals surface area contributed by atoms with Gasteiger partial charge in [-0.15, -0.1) is 6.58 Å². The molecule has 0 fully saturated rings. The maximum Gasteiger partial charge on any atom is 0.237 e. The van der Waals surface area contributed by atoms with Gasteiger partial charge in [-0.25, -0.2) is 0 Å². The van der Waals surface area contributed by atoms with E-state index >= 15 is 0 Å². The second kappa shape index (κ2) is 5.31. The molecule has 0 aliphatic rings. The first-order chi connectivity index (χ1) is 7.13. The third-order valence-electron chi connectivity index (χ3n) is 1.87. The van der Waals surface area contributed by atoms with Crippen LogP contribution in [0.4, 0.5) is 0 Å². The normalized spacial score (nSPS) is 12.1. The second-order valence-corrected chi connectivity index (χ2v) is 3.28. The van der Waals surface area contributed by atoms with Crippen molar-refractivity contribution < 1.29 is 9.32 Å². The molecule has 1 amide bonds. The van der Waals surface area contributed by atoms with Crippen LogP contribution in [0.25, 0.3) is 0 Å². The van der Waals surface area contributed by atoms with Crippen molar-refractivity contribution in [3.8, 4) is 0 Å². The number of nitrogens with zero attached hydrogens (tertiary/aromatic N) is 1. The summed E-state index contributed by atoms with van der Waals surface area (Å²) in [6, 6.07) is 1.21. The fourth-order valence-electron chi connectivity index (χ4n) is 1.09. The highest BCUT2D eigenvalue weighted by atomic mass is 16.5. The average molecular weight is 209 g/mol. The number of carbonyl (C=O) groups excluding carboxylic acids is 1. The van der Waals surface area contributed by atoms with E-state index in [0.29, 0.717) is 18.7 Å². The lowest BCUT2D eigenvalue weighted by atomic mass is 10.2. The third kappa shape index (κ3) is 3.55. The Kier molecular flexibility index (Phi) is 4.05. The molecule has 1 heterocycles. The molecule has 0 saturated heterocycles. The lowest BCUT2D eigenvalue weighted by Crippen LogP contribution is -2.39. The number of aryl methyl sites for hydroxylation is 1. The Morgan fingerprint density at radius 1 is 1.87 bits per heavy atom. The van der Waals surface area contributed by atoms with Crippen LogP contribution in [0.5, 0.6) is 0 Å². The first-order valence-corrected chi connectivity index (χ1v) is 4.70. The number of rotatable bonds is 5. The van der Waals surface area contributed by atoms with Gasteiger partial charge in [-0.05, 0) is 13.3 Å². The maximum atomic E-state index is 11.4. The number of nitrogens with one attached hydrogen (secondary N) is 1. The van der Waals surface area contributed by atoms with Crippen molar-refractivity contribution in [1.29, 1.82) is 0 Å². The summed E-state index contributed by atoms with van der Waals surface area (Å²) < 4.78 is 4.93. The number of amides is 1. The van der Waals surface area contributed by atoms with E-state index in [1.807, 2.05) is 6.92 Å². The minimum Gasteiger partial charge on any atom is -0.359 e. The molecule has 0 bridgehead atoms. The number of carbonyl (C=O) groups is 1. The van der Waals surface area contributed by atoms with Gasteiger partial charge < -0.3 is 15.6 Å². The zero-order valence-corrected chi connectivity index (χ0v) is 8.69. The molecule has 1 unspecified atom stereocenters. The predicted octanol–water partition coefficient (Wildman–Crippen LogP) is 0.503. The van der Waals surface area contributed by atoms with E-state index in [9.17, 15) is 4.79 Å². The summed E-state index contributed by atoms with van der Waals surface area (Å²) in [5, 5.41) is 6.35. The molecule has 15 heavy (non-hydrogen) atoms. The molecule has 82 valence electrons. The van der Waals surface area contributed by atoms with Gasteiger partial charge in [0.05, 0.1) is 18.3 Å². The first-order valence-electron chi connectivity index (χ1n) is 4.70. The molecule has 0 spiro atoms. The van der Waals surface area contributed by atoms with E-state index in [1.54, 1.807) is 12.1 Å². The van der Waals surface area contributed by atoms with E-state index in [0.717, 1.165) is 5.69 Å². The number of nitrogens with two attached hydrogens (primary N) is 1. The largest absolute Gasteiger partial charge is 0.359 e. The SMILES string of the molecule is C=CCC(N)C(=O)NCc1cc(C)no1. The number of hydrogen-bond donors (Lipinski definition) is 2. The van der Waals surface area contributed by atoms with Crippen LogP contribution >= 0.6 is 0 Å². The van der Waals surface area contributed by atoms with Crippen molar-refractivity contribution in [3.05, 3.63) is 30.2 Å². The second-order valence-electron chi connectivity index (χ2n) is 3.28. The Morgan fingerprint density at radius 2 is 2.60 bits per heavy atom. The van der Waals surface area contributed by atoms with Gasteiger partial charge in [0.2, 0.25) is 5.91 Å². The zero-order valence-electron chi connectivity index (χ0n) is 8.69. The molecular formula is C10H15N3O2. The zero-order chi connectivity index (χ0) is 11.3. The van der Waals surface area contributed by atoms with Crippen LogP contribution in [-0.2, 0) is 11.3 Å². The molecule has 0 aliphatic heterocycles. The van der Waals surface area contributed by atoms with Gasteiger partial charge in [-0.1, -0.05) is 11.2 Å². The summed E-state index contributed by atoms with van der Waals surface area (Å²) in [7, 11) is 0. The summed E-state index contributed by atoms with van der Waals surface area (Å²) in [4.78, 5) is 11.4. The van der Waals surface area contributed by atoms with Crippen molar-refractivity contribution >= 4 is 5.91 Å². The van der Waals surface area contributed by atoms with Crippen LogP contribution in [0, 0.1) is 6.92 Å². The van der Waals surface area contributed by atoms with Crippen LogP contribution in [0.2, 0.25) is 0 Å². The number of aromatic nitrogens is 1. The molecule has 5 nitrogen and oxygen atoms in total. The van der Waals surface area contributed by atoms with E-state index in [-0.39, 0.29) is 5.91 Å². The quantitative estimate of drug-likeness (QED) is 0.692. The van der Waals surface area contributed by atoms with Crippen molar-refractivity contribution in [2.75, 3.05) is 0 Å². The van der Waals surface area contributed by atoms with Gasteiger partial charge in [0.25, 0.3) is 0 Å². The fraction of sp³-hybridized carbons (Fsp3) is 0.400. The molecule has 0 saturated carbocycles. The van der Waals surface area contributed by atoms with E-state index in [4.69, 9.17) is 10.3 Å². The summed E-state index contributed by atoms with van der Waals surface area (Å²) in [5.41, 5.74) is 6.35. The summed E-state index contributed by atoms with van der Waals surface area (Å²) in [6.45, 7) is 5.64. The van der Waals surface area contributed by atoms with Crippen LogP contribution in [0.3, 0.4) is 0 Å². The highest BCUT2D eigenvalue weighted by Gasteiger charge is 2.11. The minimum atomic E-state index is -0.550. The van der Waals surface area contributed by atoms with Crippen LogP contribution in [0.1, 0.15) is 17.9 Å². The highest BCUT2D eigenvalue weighted by molar-refractivity contribution is 5.81. The molecule has 5 heteroatoms. The van der Waals surface area contributed by atoms with Crippen molar-refractivity contribution in [3.63, 3.8) is 0 Å². The molecule has 1 aromatic heterocycles. The fourth-order valence-corrected chi connectivity index (χ4v) is 1.09. The smallest absolute Gasteiger partial charge is 0.237 e. The summed E-state index contributed by atoms with van der Waals surface area (Å²) in [5.74, 6) is 0.399. The molecule has 1 rings (SSSR count). The third-order valence-corrected chi connectivity index (χ3v) is 1.87. The van der Waals surface area contributed by atoms with Gasteiger partial charge in [-0.3, -0.25) is 4.79 Å². The Bertz CT molecular complexity index is 346. The molecule has 1 aromatic rings. The summed E-state index contributed by atoms with van der Waals surface area (Å²) in [6.07, 6.45) is 2.07. The van der Waals surface area contributed by atoms with E-state index < -0.39 is 6.04 Å². The topological polar surface area (TPSA) is 81.2 Å². The lowest BCUT2D eigenvalue weighted by molar-refractivity contribution is -0.122. The van der Waals surface area contributed by atoms with E-state index in [2.05, 4.69) is 17.1 Å². The molecule has 0 aliphatic carbocycles. The monoisotopic (exact) mass is 209 g/mol. The summed E-state index contributed by atoms with van der Waals surface area (Å²) >= 11 is 0. The van der Waals surface area contributed by atoms with Gasteiger partial charge in [0.15, 0.2) is 5.76 Å². The van der Waals surface area contributed by atoms with Crippen LogP contribution in [-0.4, -0.2) is 17.1 Å². The standard InChI is InChI=1S/C10H15N3O2/c1-3-4-9(11)10(14)12-6-8-5-7(2)13-15-8/h3,5,9H,1,4,6,11H2,2H3,(H,12,14). The first kappa shape index (κ1) is 11.5. The van der Waals surface area contributed by atoms with Gasteiger partial charge >= 0.3 is 0 Å². The maximum absolute atomic E-state index is 11.4. The molecule has 3 N–H and O–H groups in total. The Hall–Kier alpha value is -1.62. The van der Waals surface area contributed by atoms with Crippen LogP contribution < -0.4 is 11.1 Å². The van der Waals surface area contributed by atoms with Gasteiger partial charge in [0, 0.05) is 6.07 Å². The lowest BCUT2D eigenvalue weighted by Gasteiger charge is -2.08. The molecule has 1 atom stereocenters.